The molecule has 6 heteroatoms. The topological polar surface area (TPSA) is 49.3 Å². The van der Waals surface area contributed by atoms with Crippen LogP contribution in [0.2, 0.25) is 0 Å². The summed E-state index contributed by atoms with van der Waals surface area (Å²) in [7, 11) is 1.39. The molecule has 0 aromatic heterocycles. The van der Waals surface area contributed by atoms with Crippen LogP contribution in [0.4, 0.5) is 13.2 Å². The van der Waals surface area contributed by atoms with Crippen molar-refractivity contribution >= 4 is 5.78 Å². The molecule has 3 nitrogen and oxygen atoms in total. The second-order valence-electron chi connectivity index (χ2n) is 5.36. The minimum atomic E-state index is -1.68. The fraction of sp³-hybridized carbons (Fsp3) is 0.500. The van der Waals surface area contributed by atoms with E-state index in [4.69, 9.17) is 0 Å². The normalized spacial score (nSPS) is 30.6. The van der Waals surface area contributed by atoms with Crippen LogP contribution in [-0.4, -0.2) is 23.5 Å². The van der Waals surface area contributed by atoms with Crippen molar-refractivity contribution in [1.29, 1.82) is 0 Å². The van der Waals surface area contributed by atoms with E-state index in [9.17, 15) is 23.1 Å². The fourth-order valence-electron chi connectivity index (χ4n) is 2.94. The van der Waals surface area contributed by atoms with Gasteiger partial charge in [0.1, 0.15) is 28.6 Å². The summed E-state index contributed by atoms with van der Waals surface area (Å²) >= 11 is 0. The Hall–Kier alpha value is -1.40. The van der Waals surface area contributed by atoms with Gasteiger partial charge in [0.25, 0.3) is 0 Å². The van der Waals surface area contributed by atoms with Crippen LogP contribution < -0.4 is 5.32 Å². The van der Waals surface area contributed by atoms with Gasteiger partial charge in [0.2, 0.25) is 0 Å². The lowest BCUT2D eigenvalue weighted by molar-refractivity contribution is -0.148. The van der Waals surface area contributed by atoms with E-state index < -0.39 is 39.9 Å². The molecule has 1 aliphatic rings. The lowest BCUT2D eigenvalue weighted by atomic mass is 9.69. The Morgan fingerprint density at radius 3 is 2.25 bits per heavy atom. The van der Waals surface area contributed by atoms with Crippen molar-refractivity contribution in [3.05, 3.63) is 35.1 Å². The van der Waals surface area contributed by atoms with E-state index in [-0.39, 0.29) is 12.8 Å². The molecule has 2 N–H and O–H groups in total. The van der Waals surface area contributed by atoms with Crippen molar-refractivity contribution in [3.63, 3.8) is 0 Å². The molecule has 0 heterocycles. The predicted octanol–water partition coefficient (Wildman–Crippen LogP) is 2.02. The highest BCUT2D eigenvalue weighted by Gasteiger charge is 2.52. The smallest absolute Gasteiger partial charge is 0.188 e. The van der Waals surface area contributed by atoms with Gasteiger partial charge in [-0.25, -0.2) is 13.2 Å². The number of carbonyl (C=O) groups excluding carboxylic acids is 1. The molecule has 0 aliphatic heterocycles. The second kappa shape index (κ2) is 4.86. The molecule has 0 radical (unpaired) electrons. The third kappa shape index (κ3) is 2.13. The number of halogens is 3. The van der Waals surface area contributed by atoms with Gasteiger partial charge in [-0.2, -0.15) is 0 Å². The lowest BCUT2D eigenvalue weighted by Gasteiger charge is -2.42. The van der Waals surface area contributed by atoms with Crippen LogP contribution in [-0.2, 0) is 10.3 Å². The molecular weight excluding hydrogens is 271 g/mol. The zero-order valence-electron chi connectivity index (χ0n) is 11.3. The number of Topliss-reactive ketones (excluding diaryl/α,β-unsaturated/α-hetero) is 1. The Kier molecular flexibility index (Phi) is 3.64. The quantitative estimate of drug-likeness (QED) is 0.875. The SMILES string of the molecule is CN[C@@]1(c2c(F)cc(F)cc2F)CCC[C@](C)(O)C1=O. The molecule has 1 aliphatic carbocycles. The number of benzene rings is 1. The molecule has 0 bridgehead atoms. The van der Waals surface area contributed by atoms with Crippen molar-refractivity contribution in [1.82, 2.24) is 5.32 Å². The molecular formula is C14H16F3NO2. The summed E-state index contributed by atoms with van der Waals surface area (Å²) in [6.07, 6.45) is 0.771. The van der Waals surface area contributed by atoms with Crippen molar-refractivity contribution in [3.8, 4) is 0 Å². The zero-order valence-corrected chi connectivity index (χ0v) is 11.3. The molecule has 1 aromatic carbocycles. The number of hydrogen-bond acceptors (Lipinski definition) is 3. The Morgan fingerprint density at radius 1 is 1.20 bits per heavy atom. The summed E-state index contributed by atoms with van der Waals surface area (Å²) in [5, 5.41) is 12.7. The molecule has 0 saturated heterocycles. The number of rotatable bonds is 2. The van der Waals surface area contributed by atoms with Crippen LogP contribution in [0.5, 0.6) is 0 Å². The van der Waals surface area contributed by atoms with E-state index in [0.29, 0.717) is 18.6 Å². The van der Waals surface area contributed by atoms with Crippen molar-refractivity contribution in [2.45, 2.75) is 37.3 Å². The van der Waals surface area contributed by atoms with E-state index in [2.05, 4.69) is 5.32 Å². The third-order valence-corrected chi connectivity index (χ3v) is 3.95. The van der Waals surface area contributed by atoms with Crippen LogP contribution in [0.15, 0.2) is 12.1 Å². The van der Waals surface area contributed by atoms with Gasteiger partial charge in [0.05, 0.1) is 5.56 Å². The Labute approximate surface area is 114 Å². The average molecular weight is 287 g/mol. The second-order valence-corrected chi connectivity index (χ2v) is 5.36. The van der Waals surface area contributed by atoms with Gasteiger partial charge in [0, 0.05) is 12.1 Å². The number of likely N-dealkylation sites (N-methyl/N-ethyl adjacent to an activating group) is 1. The largest absolute Gasteiger partial charge is 0.382 e. The van der Waals surface area contributed by atoms with E-state index in [1.54, 1.807) is 0 Å². The van der Waals surface area contributed by atoms with Crippen LogP contribution in [0.1, 0.15) is 31.7 Å². The molecule has 1 aromatic rings. The summed E-state index contributed by atoms with van der Waals surface area (Å²) in [5.41, 5.74) is -3.88. The zero-order chi connectivity index (χ0) is 15.1. The Balaban J connectivity index is 2.66. The van der Waals surface area contributed by atoms with Gasteiger partial charge >= 0.3 is 0 Å². The maximum absolute atomic E-state index is 14.0. The number of hydrogen-bond donors (Lipinski definition) is 2. The van der Waals surface area contributed by atoms with Gasteiger partial charge in [-0.1, -0.05) is 0 Å². The van der Waals surface area contributed by atoms with E-state index >= 15 is 0 Å². The first kappa shape index (κ1) is 15.0. The molecule has 110 valence electrons. The first-order valence-electron chi connectivity index (χ1n) is 6.36. The fourth-order valence-corrected chi connectivity index (χ4v) is 2.94. The molecule has 2 atom stereocenters. The summed E-state index contributed by atoms with van der Waals surface area (Å²) in [5.74, 6) is -4.03. The molecule has 0 unspecified atom stereocenters. The highest BCUT2D eigenvalue weighted by atomic mass is 19.1. The van der Waals surface area contributed by atoms with Crippen molar-refractivity contribution in [2.24, 2.45) is 0 Å². The van der Waals surface area contributed by atoms with Crippen molar-refractivity contribution in [2.75, 3.05) is 7.05 Å². The maximum Gasteiger partial charge on any atom is 0.188 e. The Morgan fingerprint density at radius 2 is 1.75 bits per heavy atom. The third-order valence-electron chi connectivity index (χ3n) is 3.95. The molecule has 1 saturated carbocycles. The van der Waals surface area contributed by atoms with Crippen LogP contribution >= 0.6 is 0 Å². The summed E-state index contributed by atoms with van der Waals surface area (Å²) in [6.45, 7) is 1.32. The summed E-state index contributed by atoms with van der Waals surface area (Å²) in [4.78, 5) is 12.5. The minimum absolute atomic E-state index is 0.137. The monoisotopic (exact) mass is 287 g/mol. The number of nitrogens with one attached hydrogen (secondary N) is 1. The molecule has 0 amide bonds. The predicted molar refractivity (Wildman–Crippen MR) is 66.5 cm³/mol. The number of ketones is 1. The van der Waals surface area contributed by atoms with Crippen LogP contribution in [0, 0.1) is 17.5 Å². The van der Waals surface area contributed by atoms with Gasteiger partial charge < -0.3 is 10.4 Å². The van der Waals surface area contributed by atoms with E-state index in [1.807, 2.05) is 0 Å². The Bertz CT molecular complexity index is 536. The van der Waals surface area contributed by atoms with Gasteiger partial charge in [-0.3, -0.25) is 4.79 Å². The first-order chi connectivity index (χ1) is 9.24. The molecule has 20 heavy (non-hydrogen) atoms. The highest BCUT2D eigenvalue weighted by Crippen LogP contribution is 2.41. The molecule has 1 fully saturated rings. The first-order valence-corrected chi connectivity index (χ1v) is 6.36. The van der Waals surface area contributed by atoms with Crippen LogP contribution in [0.3, 0.4) is 0 Å². The average Bonchev–Trinajstić information content (AvgIpc) is 2.33. The molecule has 0 spiro atoms. The standard InChI is InChI=1S/C14H16F3NO2/c1-13(20)4-3-5-14(18-2,12(13)19)11-9(16)6-8(15)7-10(11)17/h6-7,18,20H,3-5H2,1-2H3/t13-,14+/m0/s1. The summed E-state index contributed by atoms with van der Waals surface area (Å²) in [6, 6.07) is 1.07. The van der Waals surface area contributed by atoms with Crippen molar-refractivity contribution < 1.29 is 23.1 Å². The number of aliphatic hydroxyl groups is 1. The van der Waals surface area contributed by atoms with E-state index in [0.717, 1.165) is 0 Å². The summed E-state index contributed by atoms with van der Waals surface area (Å²) < 4.78 is 41.0. The maximum atomic E-state index is 14.0. The number of carbonyl (C=O) groups is 1. The lowest BCUT2D eigenvalue weighted by Crippen LogP contribution is -2.59. The van der Waals surface area contributed by atoms with Gasteiger partial charge in [0.15, 0.2) is 5.78 Å². The minimum Gasteiger partial charge on any atom is -0.382 e. The highest BCUT2D eigenvalue weighted by molar-refractivity contribution is 5.97. The van der Waals surface area contributed by atoms with Gasteiger partial charge in [-0.15, -0.1) is 0 Å². The van der Waals surface area contributed by atoms with Crippen LogP contribution in [0.25, 0.3) is 0 Å². The molecule has 2 rings (SSSR count). The van der Waals surface area contributed by atoms with Gasteiger partial charge in [-0.05, 0) is 33.2 Å². The van der Waals surface area contributed by atoms with E-state index in [1.165, 1.54) is 14.0 Å².